The minimum Gasteiger partial charge on any atom is -0.309 e. The largest absolute Gasteiger partial charge is 0.309 e. The molecule has 7 heteroatoms. The highest BCUT2D eigenvalue weighted by atomic mass is 35.5. The standard InChI is InChI=1S/C18H19ClN2O3S/c1-11-8-15(19)4-6-17(11)20-25(23,24)16-5-7-18-14(10-16)9-12(2)21(18)13(3)22/h4-8,10,12,20H,9H2,1-3H3/t12-/m1/s1. The molecular formula is C18H19ClN2O3S. The number of halogens is 1. The fourth-order valence-electron chi connectivity index (χ4n) is 3.20. The van der Waals surface area contributed by atoms with Crippen molar-refractivity contribution in [3.63, 3.8) is 0 Å². The molecule has 0 saturated heterocycles. The molecule has 0 aliphatic carbocycles. The van der Waals surface area contributed by atoms with E-state index in [0.717, 1.165) is 16.8 Å². The van der Waals surface area contributed by atoms with Crippen LogP contribution in [0.25, 0.3) is 0 Å². The Morgan fingerprint density at radius 2 is 1.96 bits per heavy atom. The quantitative estimate of drug-likeness (QED) is 0.884. The maximum absolute atomic E-state index is 12.7. The van der Waals surface area contributed by atoms with Crippen molar-refractivity contribution < 1.29 is 13.2 Å². The number of nitrogens with zero attached hydrogens (tertiary/aromatic N) is 1. The number of rotatable bonds is 3. The van der Waals surface area contributed by atoms with E-state index in [4.69, 9.17) is 11.6 Å². The lowest BCUT2D eigenvalue weighted by Gasteiger charge is -2.20. The van der Waals surface area contributed by atoms with Gasteiger partial charge in [0.05, 0.1) is 10.6 Å². The number of fused-ring (bicyclic) bond motifs is 1. The summed E-state index contributed by atoms with van der Waals surface area (Å²) in [5.74, 6) is -0.0447. The van der Waals surface area contributed by atoms with E-state index in [-0.39, 0.29) is 16.8 Å². The first-order valence-corrected chi connectivity index (χ1v) is 9.77. The topological polar surface area (TPSA) is 66.5 Å². The number of hydrogen-bond acceptors (Lipinski definition) is 3. The molecule has 0 saturated carbocycles. The van der Waals surface area contributed by atoms with Crippen LogP contribution in [-0.4, -0.2) is 20.4 Å². The summed E-state index contributed by atoms with van der Waals surface area (Å²) in [6.45, 7) is 5.25. The van der Waals surface area contributed by atoms with E-state index in [9.17, 15) is 13.2 Å². The molecule has 1 aliphatic heterocycles. The van der Waals surface area contributed by atoms with Gasteiger partial charge in [0.2, 0.25) is 5.91 Å². The van der Waals surface area contributed by atoms with Gasteiger partial charge in [0.15, 0.2) is 0 Å². The van der Waals surface area contributed by atoms with Crippen LogP contribution in [-0.2, 0) is 21.2 Å². The molecule has 25 heavy (non-hydrogen) atoms. The van der Waals surface area contributed by atoms with Crippen LogP contribution in [0, 0.1) is 6.92 Å². The third-order valence-electron chi connectivity index (χ3n) is 4.35. The van der Waals surface area contributed by atoms with Crippen LogP contribution in [0.5, 0.6) is 0 Å². The molecular weight excluding hydrogens is 360 g/mol. The summed E-state index contributed by atoms with van der Waals surface area (Å²) < 4.78 is 28.0. The molecule has 0 aromatic heterocycles. The van der Waals surface area contributed by atoms with Crippen molar-refractivity contribution in [2.75, 3.05) is 9.62 Å². The number of nitrogens with one attached hydrogen (secondary N) is 1. The number of anilines is 2. The molecule has 5 nitrogen and oxygen atoms in total. The Balaban J connectivity index is 1.94. The van der Waals surface area contributed by atoms with Crippen LogP contribution in [0.15, 0.2) is 41.3 Å². The van der Waals surface area contributed by atoms with Gasteiger partial charge in [-0.1, -0.05) is 11.6 Å². The predicted molar refractivity (Wildman–Crippen MR) is 99.8 cm³/mol. The lowest BCUT2D eigenvalue weighted by Crippen LogP contribution is -2.33. The fourth-order valence-corrected chi connectivity index (χ4v) is 4.61. The van der Waals surface area contributed by atoms with Crippen molar-refractivity contribution >= 4 is 38.9 Å². The predicted octanol–water partition coefficient (Wildman–Crippen LogP) is 3.75. The summed E-state index contributed by atoms with van der Waals surface area (Å²) in [5, 5.41) is 0.552. The van der Waals surface area contributed by atoms with Crippen molar-refractivity contribution in [1.82, 2.24) is 0 Å². The number of carbonyl (C=O) groups excluding carboxylic acids is 1. The van der Waals surface area contributed by atoms with Gasteiger partial charge in [0.1, 0.15) is 0 Å². The molecule has 0 bridgehead atoms. The minimum absolute atomic E-state index is 0.0249. The number of aryl methyl sites for hydroxylation is 1. The summed E-state index contributed by atoms with van der Waals surface area (Å²) in [4.78, 5) is 13.7. The van der Waals surface area contributed by atoms with Crippen molar-refractivity contribution in [2.24, 2.45) is 0 Å². The molecule has 0 spiro atoms. The van der Waals surface area contributed by atoms with Gasteiger partial charge in [-0.3, -0.25) is 9.52 Å². The SMILES string of the molecule is CC(=O)N1c2ccc(S(=O)(=O)Nc3ccc(Cl)cc3C)cc2C[C@H]1C. The van der Waals surface area contributed by atoms with E-state index in [0.29, 0.717) is 17.1 Å². The van der Waals surface area contributed by atoms with Crippen LogP contribution in [0.4, 0.5) is 11.4 Å². The maximum Gasteiger partial charge on any atom is 0.261 e. The second-order valence-electron chi connectivity index (χ2n) is 6.30. The van der Waals surface area contributed by atoms with Crippen LogP contribution in [0.2, 0.25) is 5.02 Å². The van der Waals surface area contributed by atoms with Gasteiger partial charge < -0.3 is 4.90 Å². The minimum atomic E-state index is -3.72. The van der Waals surface area contributed by atoms with Gasteiger partial charge in [-0.15, -0.1) is 0 Å². The molecule has 0 unspecified atom stereocenters. The molecule has 132 valence electrons. The smallest absolute Gasteiger partial charge is 0.261 e. The molecule has 1 atom stereocenters. The number of hydrogen-bond donors (Lipinski definition) is 1. The maximum atomic E-state index is 12.7. The number of carbonyl (C=O) groups is 1. The first-order chi connectivity index (χ1) is 11.7. The Morgan fingerprint density at radius 1 is 1.24 bits per heavy atom. The lowest BCUT2D eigenvalue weighted by molar-refractivity contribution is -0.116. The van der Waals surface area contributed by atoms with E-state index in [1.165, 1.54) is 13.0 Å². The van der Waals surface area contributed by atoms with Crippen LogP contribution >= 0.6 is 11.6 Å². The first-order valence-electron chi connectivity index (χ1n) is 7.91. The van der Waals surface area contributed by atoms with E-state index in [1.807, 2.05) is 6.92 Å². The van der Waals surface area contributed by atoms with E-state index in [2.05, 4.69) is 4.72 Å². The lowest BCUT2D eigenvalue weighted by atomic mass is 10.1. The second-order valence-corrected chi connectivity index (χ2v) is 8.42. The zero-order valence-corrected chi connectivity index (χ0v) is 15.8. The van der Waals surface area contributed by atoms with Gasteiger partial charge in [-0.25, -0.2) is 8.42 Å². The van der Waals surface area contributed by atoms with Crippen LogP contribution in [0.1, 0.15) is 25.0 Å². The highest BCUT2D eigenvalue weighted by Crippen LogP contribution is 2.34. The van der Waals surface area contributed by atoms with Crippen molar-refractivity contribution in [1.29, 1.82) is 0 Å². The highest BCUT2D eigenvalue weighted by Gasteiger charge is 2.30. The first kappa shape index (κ1) is 17.8. The second kappa shape index (κ2) is 6.35. The van der Waals surface area contributed by atoms with Gasteiger partial charge >= 0.3 is 0 Å². The van der Waals surface area contributed by atoms with Gasteiger partial charge in [-0.2, -0.15) is 0 Å². The summed E-state index contributed by atoms with van der Waals surface area (Å²) in [6, 6.07) is 9.88. The number of amides is 1. The normalized spacial score (nSPS) is 16.6. The van der Waals surface area contributed by atoms with Crippen molar-refractivity contribution in [3.8, 4) is 0 Å². The average Bonchev–Trinajstić information content (AvgIpc) is 2.85. The summed E-state index contributed by atoms with van der Waals surface area (Å²) in [5.41, 5.74) is 2.87. The molecule has 1 amide bonds. The molecule has 0 radical (unpaired) electrons. The zero-order valence-electron chi connectivity index (χ0n) is 14.2. The fraction of sp³-hybridized carbons (Fsp3) is 0.278. The zero-order chi connectivity index (χ0) is 18.4. The summed E-state index contributed by atoms with van der Waals surface area (Å²) >= 11 is 5.91. The average molecular weight is 379 g/mol. The molecule has 1 N–H and O–H groups in total. The van der Waals surface area contributed by atoms with E-state index >= 15 is 0 Å². The molecule has 1 aliphatic rings. The van der Waals surface area contributed by atoms with Crippen molar-refractivity contribution in [2.45, 2.75) is 38.1 Å². The van der Waals surface area contributed by atoms with Crippen molar-refractivity contribution in [3.05, 3.63) is 52.5 Å². The van der Waals surface area contributed by atoms with Crippen LogP contribution < -0.4 is 9.62 Å². The monoisotopic (exact) mass is 378 g/mol. The Morgan fingerprint density at radius 3 is 2.60 bits per heavy atom. The third-order valence-corrected chi connectivity index (χ3v) is 5.95. The molecule has 0 fully saturated rings. The van der Waals surface area contributed by atoms with Gasteiger partial charge in [0, 0.05) is 23.7 Å². The molecule has 2 aromatic carbocycles. The molecule has 2 aromatic rings. The van der Waals surface area contributed by atoms with Crippen LogP contribution in [0.3, 0.4) is 0 Å². The highest BCUT2D eigenvalue weighted by molar-refractivity contribution is 7.92. The number of sulfonamides is 1. The van der Waals surface area contributed by atoms with Gasteiger partial charge in [-0.05, 0) is 67.8 Å². The Labute approximate surface area is 152 Å². The number of benzene rings is 2. The summed E-state index contributed by atoms with van der Waals surface area (Å²) in [7, 11) is -3.72. The van der Waals surface area contributed by atoms with Gasteiger partial charge in [0.25, 0.3) is 10.0 Å². The molecule has 1 heterocycles. The van der Waals surface area contributed by atoms with E-state index in [1.54, 1.807) is 42.2 Å². The Kier molecular flexibility index (Phi) is 4.51. The van der Waals surface area contributed by atoms with E-state index < -0.39 is 10.0 Å². The summed E-state index contributed by atoms with van der Waals surface area (Å²) in [6.07, 6.45) is 0.637. The molecule has 3 rings (SSSR count). The Hall–Kier alpha value is -2.05. The third kappa shape index (κ3) is 3.37. The Bertz CT molecular complexity index is 957.